The van der Waals surface area contributed by atoms with Gasteiger partial charge in [-0.25, -0.2) is 4.79 Å². The van der Waals surface area contributed by atoms with Crippen LogP contribution >= 0.6 is 0 Å². The van der Waals surface area contributed by atoms with Gasteiger partial charge >= 0.3 is 12.2 Å². The number of carbonyl (C=O) groups is 1. The fourth-order valence-corrected chi connectivity index (χ4v) is 1.77. The standard InChI is InChI=1S/C13H16F3N3O4/c1-3-18(7-6-13(14,15)16)12(20)17-10-8-9(19(21)22)4-5-11(10)23-2/h4-5,8H,3,6-7H2,1-2H3,(H,17,20). The molecule has 128 valence electrons. The van der Waals surface area contributed by atoms with Gasteiger partial charge in [0.2, 0.25) is 0 Å². The van der Waals surface area contributed by atoms with E-state index in [4.69, 9.17) is 4.74 Å². The Hall–Kier alpha value is -2.52. The van der Waals surface area contributed by atoms with Crippen LogP contribution < -0.4 is 10.1 Å². The van der Waals surface area contributed by atoms with Gasteiger partial charge in [-0.05, 0) is 13.0 Å². The number of alkyl halides is 3. The van der Waals surface area contributed by atoms with E-state index < -0.39 is 30.1 Å². The highest BCUT2D eigenvalue weighted by atomic mass is 19.4. The number of urea groups is 1. The minimum Gasteiger partial charge on any atom is -0.495 e. The summed E-state index contributed by atoms with van der Waals surface area (Å²) in [6.45, 7) is 1.07. The molecule has 0 aliphatic carbocycles. The molecule has 0 fully saturated rings. The fourth-order valence-electron chi connectivity index (χ4n) is 1.77. The van der Waals surface area contributed by atoms with Crippen LogP contribution in [-0.4, -0.2) is 42.2 Å². The Bertz CT molecular complexity index is 578. The first kappa shape index (κ1) is 18.5. The number of nitrogens with one attached hydrogen (secondary N) is 1. The summed E-state index contributed by atoms with van der Waals surface area (Å²) < 4.78 is 41.7. The second-order valence-electron chi connectivity index (χ2n) is 4.52. The van der Waals surface area contributed by atoms with Gasteiger partial charge in [-0.15, -0.1) is 0 Å². The topological polar surface area (TPSA) is 84.7 Å². The van der Waals surface area contributed by atoms with Crippen molar-refractivity contribution >= 4 is 17.4 Å². The maximum Gasteiger partial charge on any atom is 0.390 e. The van der Waals surface area contributed by atoms with E-state index in [1.54, 1.807) is 0 Å². The Morgan fingerprint density at radius 3 is 2.57 bits per heavy atom. The third-order valence-electron chi connectivity index (χ3n) is 2.97. The highest BCUT2D eigenvalue weighted by Gasteiger charge is 2.29. The van der Waals surface area contributed by atoms with Crippen molar-refractivity contribution in [2.75, 3.05) is 25.5 Å². The molecule has 0 aliphatic rings. The Balaban J connectivity index is 2.89. The number of nitro groups is 1. The number of hydrogen-bond donors (Lipinski definition) is 1. The van der Waals surface area contributed by atoms with Crippen LogP contribution in [0.25, 0.3) is 0 Å². The summed E-state index contributed by atoms with van der Waals surface area (Å²) in [5.41, 5.74) is -0.267. The smallest absolute Gasteiger partial charge is 0.390 e. The van der Waals surface area contributed by atoms with Crippen molar-refractivity contribution in [2.45, 2.75) is 19.5 Å². The molecule has 23 heavy (non-hydrogen) atoms. The van der Waals surface area contributed by atoms with E-state index >= 15 is 0 Å². The summed E-state index contributed by atoms with van der Waals surface area (Å²) in [4.78, 5) is 23.1. The molecule has 0 spiro atoms. The zero-order chi connectivity index (χ0) is 17.6. The number of ether oxygens (including phenoxy) is 1. The molecule has 0 radical (unpaired) electrons. The van der Waals surface area contributed by atoms with Crippen LogP contribution in [0.4, 0.5) is 29.3 Å². The molecule has 1 aromatic carbocycles. The van der Waals surface area contributed by atoms with E-state index in [1.807, 2.05) is 0 Å². The summed E-state index contributed by atoms with van der Waals surface area (Å²) in [5.74, 6) is 0.163. The number of amides is 2. The molecule has 0 saturated heterocycles. The van der Waals surface area contributed by atoms with Crippen molar-refractivity contribution < 1.29 is 27.6 Å². The molecule has 0 aromatic heterocycles. The minimum absolute atomic E-state index is 0.0113. The number of nitro benzene ring substituents is 1. The Morgan fingerprint density at radius 1 is 1.43 bits per heavy atom. The van der Waals surface area contributed by atoms with Gasteiger partial charge in [-0.2, -0.15) is 13.2 Å². The van der Waals surface area contributed by atoms with Gasteiger partial charge in [-0.1, -0.05) is 0 Å². The number of anilines is 1. The number of non-ortho nitro benzene ring substituents is 1. The third kappa shape index (κ3) is 5.64. The van der Waals surface area contributed by atoms with Gasteiger partial charge in [-0.3, -0.25) is 10.1 Å². The lowest BCUT2D eigenvalue weighted by Crippen LogP contribution is -2.37. The van der Waals surface area contributed by atoms with E-state index in [-0.39, 0.29) is 23.7 Å². The first-order valence-electron chi connectivity index (χ1n) is 6.63. The molecule has 10 heteroatoms. The second-order valence-corrected chi connectivity index (χ2v) is 4.52. The maximum atomic E-state index is 12.2. The largest absolute Gasteiger partial charge is 0.495 e. The number of carbonyl (C=O) groups excluding carboxylic acids is 1. The lowest BCUT2D eigenvalue weighted by atomic mass is 10.2. The van der Waals surface area contributed by atoms with Crippen LogP contribution in [0.1, 0.15) is 13.3 Å². The molecule has 1 aromatic rings. The van der Waals surface area contributed by atoms with E-state index in [0.717, 1.165) is 11.0 Å². The first-order chi connectivity index (χ1) is 10.7. The van der Waals surface area contributed by atoms with E-state index in [0.29, 0.717) is 0 Å². The van der Waals surface area contributed by atoms with Crippen molar-refractivity contribution in [3.8, 4) is 5.75 Å². The summed E-state index contributed by atoms with van der Waals surface area (Å²) in [6, 6.07) is 2.76. The molecule has 1 N–H and O–H groups in total. The van der Waals surface area contributed by atoms with Crippen LogP contribution in [0.15, 0.2) is 18.2 Å². The monoisotopic (exact) mass is 335 g/mol. The molecule has 7 nitrogen and oxygen atoms in total. The van der Waals surface area contributed by atoms with Gasteiger partial charge in [0.15, 0.2) is 0 Å². The normalized spacial score (nSPS) is 11.0. The number of halogens is 3. The van der Waals surface area contributed by atoms with Crippen LogP contribution in [0, 0.1) is 10.1 Å². The lowest BCUT2D eigenvalue weighted by molar-refractivity contribution is -0.384. The van der Waals surface area contributed by atoms with E-state index in [1.165, 1.54) is 26.2 Å². The van der Waals surface area contributed by atoms with Gasteiger partial charge in [0.25, 0.3) is 5.69 Å². The van der Waals surface area contributed by atoms with Crippen LogP contribution in [0.2, 0.25) is 0 Å². The lowest BCUT2D eigenvalue weighted by Gasteiger charge is -2.22. The number of hydrogen-bond acceptors (Lipinski definition) is 4. The van der Waals surface area contributed by atoms with E-state index in [9.17, 15) is 28.1 Å². The molecule has 0 unspecified atom stereocenters. The molecule has 0 heterocycles. The highest BCUT2D eigenvalue weighted by molar-refractivity contribution is 5.91. The average molecular weight is 335 g/mol. The summed E-state index contributed by atoms with van der Waals surface area (Å²) in [6.07, 6.45) is -5.52. The highest BCUT2D eigenvalue weighted by Crippen LogP contribution is 2.29. The molecule has 0 bridgehead atoms. The molecule has 0 atom stereocenters. The maximum absolute atomic E-state index is 12.2. The van der Waals surface area contributed by atoms with E-state index in [2.05, 4.69) is 5.32 Å². The second kappa shape index (κ2) is 7.65. The Morgan fingerprint density at radius 2 is 2.09 bits per heavy atom. The number of rotatable bonds is 6. The van der Waals surface area contributed by atoms with Crippen molar-refractivity contribution in [3.05, 3.63) is 28.3 Å². The third-order valence-corrected chi connectivity index (χ3v) is 2.97. The summed E-state index contributed by atoms with van der Waals surface area (Å²) in [7, 11) is 1.30. The van der Waals surface area contributed by atoms with Gasteiger partial charge in [0.05, 0.1) is 24.1 Å². The number of nitrogens with zero attached hydrogens (tertiary/aromatic N) is 2. The Labute approximate surface area is 130 Å². The average Bonchev–Trinajstić information content (AvgIpc) is 2.46. The number of methoxy groups -OCH3 is 1. The predicted molar refractivity (Wildman–Crippen MR) is 76.6 cm³/mol. The van der Waals surface area contributed by atoms with Gasteiger partial charge in [0.1, 0.15) is 5.75 Å². The molecular formula is C13H16F3N3O4. The summed E-state index contributed by atoms with van der Waals surface area (Å²) >= 11 is 0. The van der Waals surface area contributed by atoms with Crippen LogP contribution in [-0.2, 0) is 0 Å². The van der Waals surface area contributed by atoms with Crippen molar-refractivity contribution in [1.82, 2.24) is 4.90 Å². The van der Waals surface area contributed by atoms with Crippen LogP contribution in [0.5, 0.6) is 5.75 Å². The van der Waals surface area contributed by atoms with Crippen molar-refractivity contribution in [3.63, 3.8) is 0 Å². The summed E-state index contributed by atoms with van der Waals surface area (Å²) in [5, 5.41) is 13.1. The fraction of sp³-hybridized carbons (Fsp3) is 0.462. The van der Waals surface area contributed by atoms with Crippen molar-refractivity contribution in [2.24, 2.45) is 0 Å². The van der Waals surface area contributed by atoms with Gasteiger partial charge in [0, 0.05) is 25.2 Å². The quantitative estimate of drug-likeness (QED) is 0.638. The zero-order valence-electron chi connectivity index (χ0n) is 12.5. The molecule has 1 rings (SSSR count). The predicted octanol–water partition coefficient (Wildman–Crippen LogP) is 3.41. The van der Waals surface area contributed by atoms with Gasteiger partial charge < -0.3 is 15.0 Å². The zero-order valence-corrected chi connectivity index (χ0v) is 12.5. The molecule has 0 aliphatic heterocycles. The van der Waals surface area contributed by atoms with Crippen LogP contribution in [0.3, 0.4) is 0 Å². The molecular weight excluding hydrogens is 319 g/mol. The SMILES string of the molecule is CCN(CCC(F)(F)F)C(=O)Nc1cc([N+](=O)[O-])ccc1OC. The molecule has 0 saturated carbocycles. The first-order valence-corrected chi connectivity index (χ1v) is 6.63. The molecule has 2 amide bonds. The van der Waals surface area contributed by atoms with Crippen molar-refractivity contribution in [1.29, 1.82) is 0 Å². The Kier molecular flexibility index (Phi) is 6.17. The minimum atomic E-state index is -4.38. The number of benzene rings is 1.